The number of nitrogens with two attached hydrogens (primary N) is 1. The van der Waals surface area contributed by atoms with Gasteiger partial charge < -0.3 is 34.9 Å². The third-order valence-corrected chi connectivity index (χ3v) is 5.95. The highest BCUT2D eigenvalue weighted by molar-refractivity contribution is 5.70. The Morgan fingerprint density at radius 1 is 1.24 bits per heavy atom. The molecule has 0 saturated carbocycles. The van der Waals surface area contributed by atoms with Crippen molar-refractivity contribution < 1.29 is 43.5 Å². The fourth-order valence-electron chi connectivity index (χ4n) is 4.16. The molecule has 0 spiro atoms. The van der Waals surface area contributed by atoms with Gasteiger partial charge in [-0.1, -0.05) is 12.8 Å². The fraction of sp³-hybridized carbons (Fsp3) is 0.583. The molecule has 2 aromatic heterocycles. The second-order valence-corrected chi connectivity index (χ2v) is 9.10. The third-order valence-electron chi connectivity index (χ3n) is 5.95. The second kappa shape index (κ2) is 12.5. The minimum absolute atomic E-state index is 0.00334. The van der Waals surface area contributed by atoms with Gasteiger partial charge in [0.25, 0.3) is 0 Å². The van der Waals surface area contributed by atoms with Crippen molar-refractivity contribution in [2.75, 3.05) is 12.3 Å². The van der Waals surface area contributed by atoms with Gasteiger partial charge in [0.2, 0.25) is 5.60 Å². The monoisotopic (exact) mass is 533 g/mol. The van der Waals surface area contributed by atoms with Crippen LogP contribution in [0, 0.1) is 11.3 Å². The first-order valence-corrected chi connectivity index (χ1v) is 12.2. The molecule has 2 aromatic rings. The van der Waals surface area contributed by atoms with E-state index in [9.17, 15) is 24.8 Å². The number of nitrogens with zero attached hydrogens (tertiary/aromatic N) is 4. The quantitative estimate of drug-likeness (QED) is 0.262. The standard InChI is InChI=1S/C24H31N5O9/c1-14(2)36-23(34)35-11-16-20(37-19(32)8-6-4-3-5-7-18(30)31)21(33)24(12-25,38-16)17-10-9-15-22(26)27-13-28-29(15)17/h9-10,13-14,16,20-21,33H,3-8,11H2,1-2H3,(H,30,31)(H2,26,27,28)/t16-,20-,21-,24?/m1/s1. The van der Waals surface area contributed by atoms with E-state index in [1.54, 1.807) is 19.9 Å². The number of carboxylic acids is 1. The number of hydrogen-bond donors (Lipinski definition) is 3. The summed E-state index contributed by atoms with van der Waals surface area (Å²) in [5, 5.41) is 34.3. The number of aromatic nitrogens is 3. The largest absolute Gasteiger partial charge is 0.508 e. The summed E-state index contributed by atoms with van der Waals surface area (Å²) in [5.74, 6) is -1.41. The van der Waals surface area contributed by atoms with Gasteiger partial charge in [-0.3, -0.25) is 9.59 Å². The molecule has 1 aliphatic heterocycles. The summed E-state index contributed by atoms with van der Waals surface area (Å²) in [6.45, 7) is 2.80. The van der Waals surface area contributed by atoms with Gasteiger partial charge in [-0.2, -0.15) is 10.4 Å². The summed E-state index contributed by atoms with van der Waals surface area (Å²) < 4.78 is 22.8. The lowest BCUT2D eigenvalue weighted by Crippen LogP contribution is -2.43. The second-order valence-electron chi connectivity index (χ2n) is 9.10. The lowest BCUT2D eigenvalue weighted by Gasteiger charge is -2.24. The summed E-state index contributed by atoms with van der Waals surface area (Å²) in [5.41, 5.74) is 4.32. The molecule has 4 N–H and O–H groups in total. The molecule has 0 aliphatic carbocycles. The zero-order valence-electron chi connectivity index (χ0n) is 21.1. The maximum atomic E-state index is 12.6. The first kappa shape index (κ1) is 28.6. The van der Waals surface area contributed by atoms with Crippen molar-refractivity contribution in [3.8, 4) is 6.07 Å². The summed E-state index contributed by atoms with van der Waals surface area (Å²) in [4.78, 5) is 39.1. The highest BCUT2D eigenvalue weighted by Crippen LogP contribution is 2.42. The summed E-state index contributed by atoms with van der Waals surface area (Å²) in [7, 11) is 0. The normalized spacial score (nSPS) is 22.8. The van der Waals surface area contributed by atoms with Gasteiger partial charge in [0.05, 0.1) is 11.8 Å². The van der Waals surface area contributed by atoms with E-state index < -0.39 is 54.7 Å². The van der Waals surface area contributed by atoms with Gasteiger partial charge in [-0.25, -0.2) is 14.3 Å². The van der Waals surface area contributed by atoms with Crippen LogP contribution in [0.1, 0.15) is 58.1 Å². The number of nitrogen functional groups attached to an aromatic ring is 1. The number of hydrogen-bond acceptors (Lipinski definition) is 12. The number of carbonyl (C=O) groups excluding carboxylic acids is 2. The number of carbonyl (C=O) groups is 3. The smallest absolute Gasteiger partial charge is 0.481 e. The number of unbranched alkanes of at least 4 members (excludes halogenated alkanes) is 3. The number of rotatable bonds is 12. The van der Waals surface area contributed by atoms with Crippen LogP contribution in [0.2, 0.25) is 0 Å². The summed E-state index contributed by atoms with van der Waals surface area (Å²) >= 11 is 0. The van der Waals surface area contributed by atoms with Gasteiger partial charge in [0, 0.05) is 12.8 Å². The van der Waals surface area contributed by atoms with Crippen molar-refractivity contribution in [1.29, 1.82) is 5.26 Å². The van der Waals surface area contributed by atoms with Crippen molar-refractivity contribution in [2.24, 2.45) is 0 Å². The number of carboxylic acid groups (broad SMARTS) is 1. The van der Waals surface area contributed by atoms with Crippen LogP contribution in [0.4, 0.5) is 10.6 Å². The van der Waals surface area contributed by atoms with E-state index >= 15 is 0 Å². The van der Waals surface area contributed by atoms with Crippen LogP contribution in [-0.4, -0.2) is 73.9 Å². The Balaban J connectivity index is 1.78. The van der Waals surface area contributed by atoms with Crippen molar-refractivity contribution >= 4 is 29.4 Å². The van der Waals surface area contributed by atoms with Crippen molar-refractivity contribution in [2.45, 2.75) is 82.4 Å². The van der Waals surface area contributed by atoms with E-state index in [1.807, 2.05) is 6.07 Å². The molecule has 1 fully saturated rings. The SMILES string of the molecule is CC(C)OC(=O)OC[C@H]1OC(C#N)(c2ccc3c(N)ncnn23)[C@H](O)[C@@H]1OC(=O)CCCCCCC(=O)O. The number of aliphatic hydroxyl groups excluding tert-OH is 1. The number of fused-ring (bicyclic) bond motifs is 1. The molecule has 1 aliphatic rings. The van der Waals surface area contributed by atoms with Crippen LogP contribution in [0.15, 0.2) is 18.5 Å². The Kier molecular flexibility index (Phi) is 9.43. The van der Waals surface area contributed by atoms with Crippen molar-refractivity contribution in [1.82, 2.24) is 14.6 Å². The molecule has 1 saturated heterocycles. The topological polar surface area (TPSA) is 209 Å². The van der Waals surface area contributed by atoms with E-state index in [2.05, 4.69) is 10.1 Å². The van der Waals surface area contributed by atoms with Crippen molar-refractivity contribution in [3.63, 3.8) is 0 Å². The Bertz CT molecular complexity index is 1190. The van der Waals surface area contributed by atoms with Crippen LogP contribution in [0.25, 0.3) is 5.52 Å². The highest BCUT2D eigenvalue weighted by atomic mass is 16.7. The molecule has 1 unspecified atom stereocenters. The number of aliphatic carboxylic acids is 1. The van der Waals surface area contributed by atoms with Gasteiger partial charge >= 0.3 is 18.1 Å². The van der Waals surface area contributed by atoms with Crippen LogP contribution in [0.3, 0.4) is 0 Å². The minimum atomic E-state index is -2.05. The predicted octanol–water partition coefficient (Wildman–Crippen LogP) is 1.69. The molecule has 0 bridgehead atoms. The maximum Gasteiger partial charge on any atom is 0.508 e. The molecule has 3 heterocycles. The Morgan fingerprint density at radius 3 is 2.61 bits per heavy atom. The molecule has 3 rings (SSSR count). The molecule has 0 aromatic carbocycles. The molecular formula is C24H31N5O9. The number of aliphatic hydroxyl groups is 1. The molecule has 206 valence electrons. The zero-order valence-corrected chi connectivity index (χ0v) is 21.1. The summed E-state index contributed by atoms with van der Waals surface area (Å²) in [6, 6.07) is 5.00. The highest BCUT2D eigenvalue weighted by Gasteiger charge is 2.60. The number of nitriles is 1. The van der Waals surface area contributed by atoms with E-state index in [-0.39, 0.29) is 24.4 Å². The molecule has 14 nitrogen and oxygen atoms in total. The number of anilines is 1. The molecule has 38 heavy (non-hydrogen) atoms. The average molecular weight is 534 g/mol. The number of esters is 1. The maximum absolute atomic E-state index is 12.6. The Hall–Kier alpha value is -3.96. The van der Waals surface area contributed by atoms with E-state index in [4.69, 9.17) is 29.8 Å². The van der Waals surface area contributed by atoms with Crippen LogP contribution in [0.5, 0.6) is 0 Å². The van der Waals surface area contributed by atoms with E-state index in [0.717, 1.165) is 0 Å². The number of ether oxygens (including phenoxy) is 4. The fourth-order valence-corrected chi connectivity index (χ4v) is 4.16. The van der Waals surface area contributed by atoms with Gasteiger partial charge in [-0.15, -0.1) is 0 Å². The van der Waals surface area contributed by atoms with Crippen LogP contribution >= 0.6 is 0 Å². The Labute approximate surface area is 218 Å². The molecule has 0 radical (unpaired) electrons. The first-order valence-electron chi connectivity index (χ1n) is 12.2. The lowest BCUT2D eigenvalue weighted by atomic mass is 9.92. The molecule has 14 heteroatoms. The van der Waals surface area contributed by atoms with Gasteiger partial charge in [0.15, 0.2) is 11.9 Å². The lowest BCUT2D eigenvalue weighted by molar-refractivity contribution is -0.157. The predicted molar refractivity (Wildman–Crippen MR) is 128 cm³/mol. The van der Waals surface area contributed by atoms with Crippen molar-refractivity contribution in [3.05, 3.63) is 24.2 Å². The minimum Gasteiger partial charge on any atom is -0.481 e. The third kappa shape index (κ3) is 6.48. The summed E-state index contributed by atoms with van der Waals surface area (Å²) in [6.07, 6.45) is -2.31. The molecule has 4 atom stereocenters. The van der Waals surface area contributed by atoms with Gasteiger partial charge in [-0.05, 0) is 38.8 Å². The first-order chi connectivity index (χ1) is 18.1. The van der Waals surface area contributed by atoms with Crippen LogP contribution in [-0.2, 0) is 34.1 Å². The van der Waals surface area contributed by atoms with Gasteiger partial charge in [0.1, 0.15) is 36.7 Å². The average Bonchev–Trinajstić information content (AvgIpc) is 3.40. The zero-order chi connectivity index (χ0) is 27.9. The van der Waals surface area contributed by atoms with Crippen LogP contribution < -0.4 is 5.73 Å². The molecular weight excluding hydrogens is 502 g/mol. The van der Waals surface area contributed by atoms with E-state index in [1.165, 1.54) is 16.9 Å². The van der Waals surface area contributed by atoms with E-state index in [0.29, 0.717) is 31.2 Å². The Morgan fingerprint density at radius 2 is 1.95 bits per heavy atom. The molecule has 0 amide bonds.